The number of benzene rings is 2. The maximum Gasteiger partial charge on any atom is 0.233 e. The molecule has 0 saturated heterocycles. The molecule has 3 rings (SSSR count). The fourth-order valence-corrected chi connectivity index (χ4v) is 4.13. The molecule has 3 aromatic rings. The minimum Gasteiger partial charge on any atom is -0.497 e. The quantitative estimate of drug-likeness (QED) is 0.526. The maximum absolute atomic E-state index is 12.8. The molecule has 0 saturated carbocycles. The van der Waals surface area contributed by atoms with Crippen molar-refractivity contribution in [3.8, 4) is 11.4 Å². The molecule has 0 aliphatic rings. The van der Waals surface area contributed by atoms with Gasteiger partial charge in [0.25, 0.3) is 0 Å². The van der Waals surface area contributed by atoms with E-state index in [-0.39, 0.29) is 11.9 Å². The number of rotatable bonds is 7. The van der Waals surface area contributed by atoms with Gasteiger partial charge in [0.1, 0.15) is 5.75 Å². The second-order valence-electron chi connectivity index (χ2n) is 7.17. The van der Waals surface area contributed by atoms with Crippen LogP contribution in [0, 0.1) is 13.8 Å². The molecule has 1 amide bonds. The summed E-state index contributed by atoms with van der Waals surface area (Å²) >= 11 is 1.46. The standard InChI is InChI=1S/C23H27N3O2S/c1-16-12-17(2)14-20(13-16)26-11-10-24-23(26)29-15-22(27)25(4)18(3)19-6-8-21(28-5)9-7-19/h6-14,18H,15H2,1-5H3. The summed E-state index contributed by atoms with van der Waals surface area (Å²) in [4.78, 5) is 19.0. The monoisotopic (exact) mass is 409 g/mol. The lowest BCUT2D eigenvalue weighted by Crippen LogP contribution is -2.31. The SMILES string of the molecule is COc1ccc(C(C)N(C)C(=O)CSc2nccn2-c2cc(C)cc(C)c2)cc1. The molecule has 1 unspecified atom stereocenters. The van der Waals surface area contributed by atoms with Crippen LogP contribution < -0.4 is 4.74 Å². The highest BCUT2D eigenvalue weighted by Crippen LogP contribution is 2.25. The number of aromatic nitrogens is 2. The smallest absolute Gasteiger partial charge is 0.233 e. The first-order chi connectivity index (χ1) is 13.9. The van der Waals surface area contributed by atoms with Crippen molar-refractivity contribution in [1.82, 2.24) is 14.5 Å². The lowest BCUT2D eigenvalue weighted by molar-refractivity contribution is -0.128. The predicted molar refractivity (Wildman–Crippen MR) is 118 cm³/mol. The van der Waals surface area contributed by atoms with Gasteiger partial charge in [0.15, 0.2) is 5.16 Å². The Hall–Kier alpha value is -2.73. The molecule has 0 aliphatic heterocycles. The van der Waals surface area contributed by atoms with Crippen LogP contribution in [0.25, 0.3) is 5.69 Å². The molecule has 29 heavy (non-hydrogen) atoms. The summed E-state index contributed by atoms with van der Waals surface area (Å²) in [6.07, 6.45) is 3.71. The highest BCUT2D eigenvalue weighted by Gasteiger charge is 2.19. The minimum atomic E-state index is -0.0202. The number of amides is 1. The lowest BCUT2D eigenvalue weighted by Gasteiger charge is -2.25. The Morgan fingerprint density at radius 1 is 1.17 bits per heavy atom. The summed E-state index contributed by atoms with van der Waals surface area (Å²) in [5.74, 6) is 1.20. The van der Waals surface area contributed by atoms with Crippen molar-refractivity contribution >= 4 is 17.7 Å². The third-order valence-corrected chi connectivity index (χ3v) is 5.94. The summed E-state index contributed by atoms with van der Waals surface area (Å²) in [5.41, 5.74) is 4.54. The van der Waals surface area contributed by atoms with Crippen LogP contribution in [0.5, 0.6) is 5.75 Å². The molecule has 0 N–H and O–H groups in total. The Balaban J connectivity index is 1.67. The van der Waals surface area contributed by atoms with Gasteiger partial charge < -0.3 is 9.64 Å². The third-order valence-electron chi connectivity index (χ3n) is 4.99. The Morgan fingerprint density at radius 3 is 2.45 bits per heavy atom. The van der Waals surface area contributed by atoms with Crippen LogP contribution in [0.2, 0.25) is 0 Å². The average molecular weight is 410 g/mol. The van der Waals surface area contributed by atoms with Gasteiger partial charge in [-0.25, -0.2) is 4.98 Å². The largest absolute Gasteiger partial charge is 0.497 e. The van der Waals surface area contributed by atoms with Gasteiger partial charge in [0, 0.05) is 25.1 Å². The fourth-order valence-electron chi connectivity index (χ4n) is 3.23. The van der Waals surface area contributed by atoms with Crippen LogP contribution in [0.1, 0.15) is 29.7 Å². The van der Waals surface area contributed by atoms with Gasteiger partial charge in [0.05, 0.1) is 18.9 Å². The van der Waals surface area contributed by atoms with Gasteiger partial charge >= 0.3 is 0 Å². The number of hydrogen-bond acceptors (Lipinski definition) is 4. The van der Waals surface area contributed by atoms with Crippen molar-refractivity contribution in [2.24, 2.45) is 0 Å². The van der Waals surface area contributed by atoms with Crippen LogP contribution >= 0.6 is 11.8 Å². The van der Waals surface area contributed by atoms with Crippen LogP contribution in [-0.4, -0.2) is 40.3 Å². The molecule has 2 aromatic carbocycles. The zero-order chi connectivity index (χ0) is 21.0. The topological polar surface area (TPSA) is 47.4 Å². The van der Waals surface area contributed by atoms with Crippen molar-refractivity contribution in [2.45, 2.75) is 32.0 Å². The Labute approximate surface area is 176 Å². The average Bonchev–Trinajstić information content (AvgIpc) is 3.19. The van der Waals surface area contributed by atoms with Crippen molar-refractivity contribution in [2.75, 3.05) is 19.9 Å². The number of methoxy groups -OCH3 is 1. The number of nitrogens with zero attached hydrogens (tertiary/aromatic N) is 3. The van der Waals surface area contributed by atoms with Crippen molar-refractivity contribution in [3.63, 3.8) is 0 Å². The Morgan fingerprint density at radius 2 is 1.83 bits per heavy atom. The van der Waals surface area contributed by atoms with E-state index in [9.17, 15) is 4.79 Å². The number of carbonyl (C=O) groups is 1. The van der Waals surface area contributed by atoms with E-state index in [4.69, 9.17) is 4.74 Å². The van der Waals surface area contributed by atoms with E-state index in [1.165, 1.54) is 22.9 Å². The van der Waals surface area contributed by atoms with Gasteiger partial charge in [-0.2, -0.15) is 0 Å². The fraction of sp³-hybridized carbons (Fsp3) is 0.304. The molecule has 0 fully saturated rings. The molecule has 1 heterocycles. The van der Waals surface area contributed by atoms with Gasteiger partial charge in [-0.15, -0.1) is 0 Å². The van der Waals surface area contributed by atoms with E-state index in [0.29, 0.717) is 5.75 Å². The molecule has 0 radical (unpaired) electrons. The van der Waals surface area contributed by atoms with Gasteiger partial charge in [0.2, 0.25) is 5.91 Å². The molecule has 0 bridgehead atoms. The van der Waals surface area contributed by atoms with E-state index >= 15 is 0 Å². The first kappa shape index (κ1) is 21.0. The summed E-state index contributed by atoms with van der Waals surface area (Å²) < 4.78 is 7.24. The van der Waals surface area contributed by atoms with Crippen LogP contribution in [0.4, 0.5) is 0 Å². The van der Waals surface area contributed by atoms with E-state index in [1.54, 1.807) is 18.2 Å². The van der Waals surface area contributed by atoms with E-state index < -0.39 is 0 Å². The summed E-state index contributed by atoms with van der Waals surface area (Å²) in [6, 6.07) is 14.2. The molecule has 1 atom stereocenters. The van der Waals surface area contributed by atoms with Crippen molar-refractivity contribution in [3.05, 3.63) is 71.5 Å². The maximum atomic E-state index is 12.8. The molecule has 1 aromatic heterocycles. The molecule has 0 spiro atoms. The number of carbonyl (C=O) groups excluding carboxylic acids is 1. The predicted octanol–water partition coefficient (Wildman–Crippen LogP) is 4.81. The first-order valence-electron chi connectivity index (χ1n) is 9.53. The van der Waals surface area contributed by atoms with Crippen LogP contribution in [0.15, 0.2) is 60.0 Å². The van der Waals surface area contributed by atoms with Crippen LogP contribution in [0.3, 0.4) is 0 Å². The number of imidazole rings is 1. The highest BCUT2D eigenvalue weighted by atomic mass is 32.2. The number of aryl methyl sites for hydroxylation is 2. The Bertz CT molecular complexity index is 962. The molecular weight excluding hydrogens is 382 g/mol. The molecule has 5 nitrogen and oxygen atoms in total. The zero-order valence-corrected chi connectivity index (χ0v) is 18.4. The van der Waals surface area contributed by atoms with E-state index in [0.717, 1.165) is 22.2 Å². The van der Waals surface area contributed by atoms with Gasteiger partial charge in [-0.3, -0.25) is 9.36 Å². The molecule has 6 heteroatoms. The van der Waals surface area contributed by atoms with E-state index in [2.05, 4.69) is 37.0 Å². The molecule has 0 aliphatic carbocycles. The molecule has 152 valence electrons. The normalized spacial score (nSPS) is 11.9. The van der Waals surface area contributed by atoms with Crippen molar-refractivity contribution in [1.29, 1.82) is 0 Å². The molecular formula is C23H27N3O2S. The van der Waals surface area contributed by atoms with Gasteiger partial charge in [-0.1, -0.05) is 30.0 Å². The van der Waals surface area contributed by atoms with Crippen LogP contribution in [-0.2, 0) is 4.79 Å². The van der Waals surface area contributed by atoms with E-state index in [1.807, 2.05) is 49.0 Å². The first-order valence-corrected chi connectivity index (χ1v) is 10.5. The van der Waals surface area contributed by atoms with Gasteiger partial charge in [-0.05, 0) is 61.7 Å². The minimum absolute atomic E-state index is 0.0202. The number of hydrogen-bond donors (Lipinski definition) is 0. The summed E-state index contributed by atoms with van der Waals surface area (Å²) in [5, 5.41) is 0.814. The Kier molecular flexibility index (Phi) is 6.64. The second-order valence-corrected chi connectivity index (χ2v) is 8.11. The summed E-state index contributed by atoms with van der Waals surface area (Å²) in [7, 11) is 3.49. The summed E-state index contributed by atoms with van der Waals surface area (Å²) in [6.45, 7) is 6.19. The second kappa shape index (κ2) is 9.18. The zero-order valence-electron chi connectivity index (χ0n) is 17.5. The highest BCUT2D eigenvalue weighted by molar-refractivity contribution is 7.99. The number of thioether (sulfide) groups is 1. The third kappa shape index (κ3) is 5.01. The lowest BCUT2D eigenvalue weighted by atomic mass is 10.1. The number of ether oxygens (including phenoxy) is 1. The van der Waals surface area contributed by atoms with Crippen molar-refractivity contribution < 1.29 is 9.53 Å².